The molecule has 1 unspecified atom stereocenters. The monoisotopic (exact) mass is 385 g/mol. The standard InChI is InChI=1S/C23H35N3O2/c1-18-5-2-3-15-26(18)16-4-12-25-23(28)9-8-22(27)21-7-6-19-10-13-24-14-11-20(19)17-21/h6-7,17-18,24H,2-5,8-16H2,1H3,(H,25,28). The first kappa shape index (κ1) is 21.0. The number of piperidine rings is 1. The molecular formula is C23H35N3O2. The molecule has 0 aromatic heterocycles. The van der Waals surface area contributed by atoms with Gasteiger partial charge >= 0.3 is 0 Å². The van der Waals surface area contributed by atoms with E-state index in [9.17, 15) is 9.59 Å². The third-order valence-electron chi connectivity index (χ3n) is 6.13. The minimum Gasteiger partial charge on any atom is -0.356 e. The molecule has 1 saturated heterocycles. The van der Waals surface area contributed by atoms with Crippen LogP contribution in [-0.2, 0) is 17.6 Å². The van der Waals surface area contributed by atoms with E-state index < -0.39 is 0 Å². The lowest BCUT2D eigenvalue weighted by molar-refractivity contribution is -0.121. The van der Waals surface area contributed by atoms with Gasteiger partial charge in [-0.15, -0.1) is 0 Å². The van der Waals surface area contributed by atoms with Gasteiger partial charge in [-0.25, -0.2) is 0 Å². The Bertz CT molecular complexity index is 674. The van der Waals surface area contributed by atoms with Crippen LogP contribution in [-0.4, -0.2) is 55.4 Å². The molecule has 0 radical (unpaired) electrons. The maximum Gasteiger partial charge on any atom is 0.220 e. The van der Waals surface area contributed by atoms with E-state index in [-0.39, 0.29) is 24.5 Å². The molecule has 28 heavy (non-hydrogen) atoms. The summed E-state index contributed by atoms with van der Waals surface area (Å²) >= 11 is 0. The molecule has 5 nitrogen and oxygen atoms in total. The number of ketones is 1. The summed E-state index contributed by atoms with van der Waals surface area (Å²) in [4.78, 5) is 27.1. The topological polar surface area (TPSA) is 61.4 Å². The highest BCUT2D eigenvalue weighted by Crippen LogP contribution is 2.17. The van der Waals surface area contributed by atoms with Gasteiger partial charge < -0.3 is 15.5 Å². The molecule has 2 N–H and O–H groups in total. The Morgan fingerprint density at radius 3 is 2.79 bits per heavy atom. The van der Waals surface area contributed by atoms with Crippen LogP contribution in [0.4, 0.5) is 0 Å². The van der Waals surface area contributed by atoms with E-state index in [1.165, 1.54) is 36.9 Å². The van der Waals surface area contributed by atoms with Crippen LogP contribution in [0, 0.1) is 0 Å². The number of hydrogen-bond donors (Lipinski definition) is 2. The first-order chi connectivity index (χ1) is 13.6. The molecule has 1 fully saturated rings. The van der Waals surface area contributed by atoms with Gasteiger partial charge in [0.25, 0.3) is 0 Å². The lowest BCUT2D eigenvalue weighted by atomic mass is 9.97. The van der Waals surface area contributed by atoms with Crippen molar-refractivity contribution >= 4 is 11.7 Å². The van der Waals surface area contributed by atoms with Crippen molar-refractivity contribution in [3.8, 4) is 0 Å². The van der Waals surface area contributed by atoms with E-state index in [4.69, 9.17) is 0 Å². The van der Waals surface area contributed by atoms with Gasteiger partial charge in [0.05, 0.1) is 0 Å². The number of benzene rings is 1. The minimum atomic E-state index is -0.0148. The normalized spacial score (nSPS) is 20.2. The Morgan fingerprint density at radius 2 is 1.96 bits per heavy atom. The number of hydrogen-bond acceptors (Lipinski definition) is 4. The van der Waals surface area contributed by atoms with E-state index in [0.29, 0.717) is 12.6 Å². The second-order valence-corrected chi connectivity index (χ2v) is 8.24. The molecule has 1 amide bonds. The summed E-state index contributed by atoms with van der Waals surface area (Å²) in [5.74, 6) is 0.0521. The smallest absolute Gasteiger partial charge is 0.220 e. The molecule has 0 aliphatic carbocycles. The molecule has 0 saturated carbocycles. The zero-order chi connectivity index (χ0) is 19.8. The van der Waals surface area contributed by atoms with Gasteiger partial charge in [-0.3, -0.25) is 9.59 Å². The predicted octanol–water partition coefficient (Wildman–Crippen LogP) is 2.72. The van der Waals surface area contributed by atoms with Crippen LogP contribution < -0.4 is 10.6 Å². The van der Waals surface area contributed by atoms with Crippen LogP contribution in [0.25, 0.3) is 0 Å². The summed E-state index contributed by atoms with van der Waals surface area (Å²) < 4.78 is 0. The van der Waals surface area contributed by atoms with Crippen LogP contribution >= 0.6 is 0 Å². The van der Waals surface area contributed by atoms with Gasteiger partial charge in [0.15, 0.2) is 5.78 Å². The molecule has 1 atom stereocenters. The summed E-state index contributed by atoms with van der Waals surface area (Å²) in [6, 6.07) is 6.70. The molecule has 1 aromatic carbocycles. The number of fused-ring (bicyclic) bond motifs is 1. The predicted molar refractivity (Wildman–Crippen MR) is 113 cm³/mol. The summed E-state index contributed by atoms with van der Waals surface area (Å²) in [7, 11) is 0. The number of nitrogens with zero attached hydrogens (tertiary/aromatic N) is 1. The lowest BCUT2D eigenvalue weighted by Gasteiger charge is -2.33. The van der Waals surface area contributed by atoms with Crippen molar-refractivity contribution in [3.63, 3.8) is 0 Å². The van der Waals surface area contributed by atoms with E-state index >= 15 is 0 Å². The van der Waals surface area contributed by atoms with Crippen molar-refractivity contribution in [2.24, 2.45) is 0 Å². The van der Waals surface area contributed by atoms with Crippen LogP contribution in [0.2, 0.25) is 0 Å². The van der Waals surface area contributed by atoms with Crippen molar-refractivity contribution in [3.05, 3.63) is 34.9 Å². The highest BCUT2D eigenvalue weighted by Gasteiger charge is 2.17. The van der Waals surface area contributed by atoms with Gasteiger partial charge in [0.1, 0.15) is 0 Å². The van der Waals surface area contributed by atoms with Crippen molar-refractivity contribution in [2.75, 3.05) is 32.7 Å². The number of likely N-dealkylation sites (tertiary alicyclic amines) is 1. The van der Waals surface area contributed by atoms with E-state index in [1.807, 2.05) is 12.1 Å². The van der Waals surface area contributed by atoms with Crippen LogP contribution in [0.3, 0.4) is 0 Å². The minimum absolute atomic E-state index is 0.0148. The molecular weight excluding hydrogens is 350 g/mol. The average Bonchev–Trinajstić information content (AvgIpc) is 2.95. The number of carbonyl (C=O) groups excluding carboxylic acids is 2. The Hall–Kier alpha value is -1.72. The van der Waals surface area contributed by atoms with Crippen LogP contribution in [0.5, 0.6) is 0 Å². The van der Waals surface area contributed by atoms with Gasteiger partial charge in [-0.2, -0.15) is 0 Å². The molecule has 0 bridgehead atoms. The fourth-order valence-electron chi connectivity index (χ4n) is 4.31. The second kappa shape index (κ2) is 10.7. The number of carbonyl (C=O) groups is 2. The van der Waals surface area contributed by atoms with Crippen molar-refractivity contribution in [1.29, 1.82) is 0 Å². The zero-order valence-corrected chi connectivity index (χ0v) is 17.3. The summed E-state index contributed by atoms with van der Waals surface area (Å²) in [5.41, 5.74) is 3.35. The Morgan fingerprint density at radius 1 is 1.14 bits per heavy atom. The Labute approximate surface area is 169 Å². The first-order valence-electron chi connectivity index (χ1n) is 11.0. The SMILES string of the molecule is CC1CCCCN1CCCNC(=O)CCC(=O)c1ccc2c(c1)CCNCC2. The highest BCUT2D eigenvalue weighted by atomic mass is 16.2. The molecule has 0 spiro atoms. The van der Waals surface area contributed by atoms with E-state index in [1.54, 1.807) is 0 Å². The van der Waals surface area contributed by atoms with Gasteiger partial charge in [0, 0.05) is 37.5 Å². The lowest BCUT2D eigenvalue weighted by Crippen LogP contribution is -2.39. The fourth-order valence-corrected chi connectivity index (χ4v) is 4.31. The zero-order valence-electron chi connectivity index (χ0n) is 17.3. The molecule has 2 aliphatic heterocycles. The Kier molecular flexibility index (Phi) is 8.04. The molecule has 5 heteroatoms. The molecule has 3 rings (SSSR count). The van der Waals surface area contributed by atoms with Crippen molar-refractivity contribution in [2.45, 2.75) is 64.3 Å². The third-order valence-corrected chi connectivity index (χ3v) is 6.13. The molecule has 2 heterocycles. The number of rotatable bonds is 8. The quantitative estimate of drug-likeness (QED) is 0.534. The van der Waals surface area contributed by atoms with Crippen LogP contribution in [0.1, 0.15) is 66.9 Å². The molecule has 154 valence electrons. The highest BCUT2D eigenvalue weighted by molar-refractivity contribution is 5.98. The van der Waals surface area contributed by atoms with Gasteiger partial charge in [0.2, 0.25) is 5.91 Å². The molecule has 1 aromatic rings. The van der Waals surface area contributed by atoms with E-state index in [2.05, 4.69) is 28.5 Å². The van der Waals surface area contributed by atoms with Gasteiger partial charge in [-0.05, 0) is 75.9 Å². The number of nitrogens with one attached hydrogen (secondary N) is 2. The van der Waals surface area contributed by atoms with Crippen molar-refractivity contribution in [1.82, 2.24) is 15.5 Å². The third kappa shape index (κ3) is 6.14. The van der Waals surface area contributed by atoms with E-state index in [0.717, 1.165) is 44.5 Å². The molecule has 2 aliphatic rings. The van der Waals surface area contributed by atoms with Crippen LogP contribution in [0.15, 0.2) is 18.2 Å². The maximum absolute atomic E-state index is 12.5. The average molecular weight is 386 g/mol. The van der Waals surface area contributed by atoms with Gasteiger partial charge in [-0.1, -0.05) is 18.6 Å². The summed E-state index contributed by atoms with van der Waals surface area (Å²) in [5, 5.41) is 6.37. The second-order valence-electron chi connectivity index (χ2n) is 8.24. The maximum atomic E-state index is 12.5. The van der Waals surface area contributed by atoms with Crippen molar-refractivity contribution < 1.29 is 9.59 Å². The first-order valence-corrected chi connectivity index (χ1v) is 11.0. The summed E-state index contributed by atoms with van der Waals surface area (Å²) in [6.07, 6.45) is 7.43. The Balaban J connectivity index is 1.36. The number of Topliss-reactive ketones (excluding diaryl/α,β-unsaturated/α-hetero) is 1. The fraction of sp³-hybridized carbons (Fsp3) is 0.652. The summed E-state index contributed by atoms with van der Waals surface area (Å²) in [6.45, 7) is 7.18. The largest absolute Gasteiger partial charge is 0.356 e. The number of amides is 1.